The molecular weight excluding hydrogens is 388 g/mol. The predicted octanol–water partition coefficient (Wildman–Crippen LogP) is 4.64. The lowest BCUT2D eigenvalue weighted by atomic mass is 10.1. The van der Waals surface area contributed by atoms with Crippen LogP contribution < -0.4 is 4.90 Å². The maximum absolute atomic E-state index is 12.2. The van der Waals surface area contributed by atoms with Gasteiger partial charge in [-0.2, -0.15) is 10.5 Å². The molecule has 6 heteroatoms. The molecule has 2 aromatic rings. The zero-order chi connectivity index (χ0) is 22.1. The van der Waals surface area contributed by atoms with E-state index in [9.17, 15) is 4.79 Å². The summed E-state index contributed by atoms with van der Waals surface area (Å²) in [6.45, 7) is 3.07. The molecule has 0 unspecified atom stereocenters. The summed E-state index contributed by atoms with van der Waals surface area (Å²) >= 11 is 0. The van der Waals surface area contributed by atoms with Gasteiger partial charge in [0, 0.05) is 24.9 Å². The maximum Gasteiger partial charge on any atom is 0.363 e. The monoisotopic (exact) mass is 410 g/mol. The van der Waals surface area contributed by atoms with Crippen LogP contribution in [0, 0.1) is 29.6 Å². The van der Waals surface area contributed by atoms with Crippen LogP contribution in [0.25, 0.3) is 12.2 Å². The number of nitrogens with zero attached hydrogens (tertiary/aromatic N) is 4. The first-order valence-electron chi connectivity index (χ1n) is 9.96. The van der Waals surface area contributed by atoms with E-state index in [0.717, 1.165) is 22.4 Å². The molecule has 0 fully saturated rings. The molecule has 154 valence electrons. The fourth-order valence-electron chi connectivity index (χ4n) is 3.13. The van der Waals surface area contributed by atoms with Crippen LogP contribution in [0.3, 0.4) is 0 Å². The van der Waals surface area contributed by atoms with Crippen LogP contribution >= 0.6 is 0 Å². The van der Waals surface area contributed by atoms with Crippen LogP contribution in [0.2, 0.25) is 0 Å². The molecule has 0 spiro atoms. The van der Waals surface area contributed by atoms with E-state index in [2.05, 4.69) is 17.1 Å². The third kappa shape index (κ3) is 5.91. The molecule has 2 aromatic carbocycles. The Kier molecular flexibility index (Phi) is 7.35. The summed E-state index contributed by atoms with van der Waals surface area (Å²) in [6.07, 6.45) is 5.99. The Labute approximate surface area is 182 Å². The molecule has 0 saturated heterocycles. The highest BCUT2D eigenvalue weighted by atomic mass is 16.6. The van der Waals surface area contributed by atoms with Crippen molar-refractivity contribution in [2.45, 2.75) is 19.8 Å². The van der Waals surface area contributed by atoms with Gasteiger partial charge in [0.15, 0.2) is 5.70 Å². The standard InChI is InChI=1S/C25H22N4O2/c1-19-17-22(29(15-5-13-26)16-6-14-27)11-10-21(19)18-23-25(30)31-24(28-23)12-9-20-7-3-2-4-8-20/h2-4,7-12,17-18H,5-6,15-16H2,1H3/b12-9-,23-18+. The molecule has 0 atom stereocenters. The molecule has 0 bridgehead atoms. The topological polar surface area (TPSA) is 89.5 Å². The summed E-state index contributed by atoms with van der Waals surface area (Å²) in [4.78, 5) is 18.5. The van der Waals surface area contributed by atoms with E-state index in [1.165, 1.54) is 0 Å². The van der Waals surface area contributed by atoms with Crippen LogP contribution in [0.5, 0.6) is 0 Å². The van der Waals surface area contributed by atoms with Crippen molar-refractivity contribution in [2.75, 3.05) is 18.0 Å². The van der Waals surface area contributed by atoms with E-state index in [1.54, 1.807) is 12.2 Å². The first-order valence-corrected chi connectivity index (χ1v) is 9.96. The average Bonchev–Trinajstić information content (AvgIpc) is 3.14. The molecule has 0 aliphatic carbocycles. The lowest BCUT2D eigenvalue weighted by Crippen LogP contribution is -2.25. The van der Waals surface area contributed by atoms with E-state index in [0.29, 0.717) is 25.9 Å². The zero-order valence-electron chi connectivity index (χ0n) is 17.3. The quantitative estimate of drug-likeness (QED) is 0.467. The summed E-state index contributed by atoms with van der Waals surface area (Å²) < 4.78 is 5.24. The average molecular weight is 410 g/mol. The third-order valence-electron chi connectivity index (χ3n) is 4.75. The van der Waals surface area contributed by atoms with Crippen LogP contribution in [0.4, 0.5) is 5.69 Å². The minimum absolute atomic E-state index is 0.245. The van der Waals surface area contributed by atoms with Gasteiger partial charge in [-0.1, -0.05) is 36.4 Å². The van der Waals surface area contributed by atoms with Gasteiger partial charge < -0.3 is 9.64 Å². The number of hydrogen-bond acceptors (Lipinski definition) is 6. The number of carbonyl (C=O) groups excluding carboxylic acids is 1. The van der Waals surface area contributed by atoms with Crippen molar-refractivity contribution >= 4 is 29.7 Å². The van der Waals surface area contributed by atoms with Gasteiger partial charge in [-0.25, -0.2) is 9.79 Å². The van der Waals surface area contributed by atoms with E-state index in [4.69, 9.17) is 15.3 Å². The summed E-state index contributed by atoms with van der Waals surface area (Å²) in [7, 11) is 0. The number of hydrogen-bond donors (Lipinski definition) is 0. The van der Waals surface area contributed by atoms with E-state index in [1.807, 2.05) is 66.4 Å². The van der Waals surface area contributed by atoms with Crippen LogP contribution in [0.15, 0.2) is 65.3 Å². The molecule has 31 heavy (non-hydrogen) atoms. The summed E-state index contributed by atoms with van der Waals surface area (Å²) in [5.74, 6) is -0.227. The number of benzene rings is 2. The Morgan fingerprint density at radius 1 is 1.03 bits per heavy atom. The highest BCUT2D eigenvalue weighted by molar-refractivity contribution is 6.11. The molecular formula is C25H22N4O2. The summed E-state index contributed by atoms with van der Waals surface area (Å²) in [5, 5.41) is 17.8. The molecule has 1 aliphatic rings. The molecule has 0 N–H and O–H groups in total. The minimum Gasteiger partial charge on any atom is -0.403 e. The Morgan fingerprint density at radius 2 is 1.74 bits per heavy atom. The minimum atomic E-state index is -0.485. The van der Waals surface area contributed by atoms with Crippen LogP contribution in [0.1, 0.15) is 29.5 Å². The highest BCUT2D eigenvalue weighted by Gasteiger charge is 2.21. The Bertz CT molecular complexity index is 1100. The second-order valence-corrected chi connectivity index (χ2v) is 6.96. The van der Waals surface area contributed by atoms with Gasteiger partial charge in [0.2, 0.25) is 5.90 Å². The smallest absolute Gasteiger partial charge is 0.363 e. The van der Waals surface area contributed by atoms with E-state index >= 15 is 0 Å². The van der Waals surface area contributed by atoms with E-state index < -0.39 is 5.97 Å². The SMILES string of the molecule is Cc1cc(N(CCC#N)CCC#N)ccc1/C=C1N=C(/C=C\c2ccccc2)OC/1=O. The van der Waals surface area contributed by atoms with Crippen molar-refractivity contribution in [1.82, 2.24) is 0 Å². The van der Waals surface area contributed by atoms with Gasteiger partial charge in [-0.15, -0.1) is 0 Å². The third-order valence-corrected chi connectivity index (χ3v) is 4.75. The van der Waals surface area contributed by atoms with Gasteiger partial charge in [-0.3, -0.25) is 0 Å². The molecule has 0 aromatic heterocycles. The second kappa shape index (κ2) is 10.6. The van der Waals surface area contributed by atoms with Crippen molar-refractivity contribution in [2.24, 2.45) is 4.99 Å². The largest absolute Gasteiger partial charge is 0.403 e. The Morgan fingerprint density at radius 3 is 2.39 bits per heavy atom. The number of ether oxygens (including phenoxy) is 1. The van der Waals surface area contributed by atoms with Crippen molar-refractivity contribution in [1.29, 1.82) is 10.5 Å². The fraction of sp³-hybridized carbons (Fsp3) is 0.200. The fourth-order valence-corrected chi connectivity index (χ4v) is 3.13. The molecule has 1 aliphatic heterocycles. The number of carbonyl (C=O) groups is 1. The molecule has 6 nitrogen and oxygen atoms in total. The van der Waals surface area contributed by atoms with Gasteiger partial charge in [-0.05, 0) is 47.9 Å². The molecule has 0 saturated carbocycles. The highest BCUT2D eigenvalue weighted by Crippen LogP contribution is 2.24. The normalized spacial score (nSPS) is 14.2. The lowest BCUT2D eigenvalue weighted by Gasteiger charge is -2.23. The van der Waals surface area contributed by atoms with Crippen molar-refractivity contribution in [3.05, 3.63) is 77.0 Å². The van der Waals surface area contributed by atoms with Crippen molar-refractivity contribution in [3.8, 4) is 12.1 Å². The number of aryl methyl sites for hydroxylation is 1. The van der Waals surface area contributed by atoms with Gasteiger partial charge in [0.05, 0.1) is 25.0 Å². The number of cyclic esters (lactones) is 1. The number of esters is 1. The first kappa shape index (κ1) is 21.5. The number of nitriles is 2. The van der Waals surface area contributed by atoms with Crippen molar-refractivity contribution < 1.29 is 9.53 Å². The Hall–Kier alpha value is -4.16. The molecule has 0 amide bonds. The number of anilines is 1. The zero-order valence-corrected chi connectivity index (χ0v) is 17.3. The summed E-state index contributed by atoms with van der Waals surface area (Å²) in [6, 6.07) is 19.8. The maximum atomic E-state index is 12.2. The van der Waals surface area contributed by atoms with E-state index in [-0.39, 0.29) is 11.6 Å². The Balaban J connectivity index is 1.78. The summed E-state index contributed by atoms with van der Waals surface area (Å²) in [5.41, 5.74) is 3.99. The van der Waals surface area contributed by atoms with Gasteiger partial charge >= 0.3 is 5.97 Å². The van der Waals surface area contributed by atoms with Gasteiger partial charge in [0.1, 0.15) is 0 Å². The van der Waals surface area contributed by atoms with Crippen LogP contribution in [-0.2, 0) is 9.53 Å². The number of rotatable bonds is 8. The van der Waals surface area contributed by atoms with Gasteiger partial charge in [0.25, 0.3) is 0 Å². The van der Waals surface area contributed by atoms with Crippen LogP contribution in [-0.4, -0.2) is 25.0 Å². The lowest BCUT2D eigenvalue weighted by molar-refractivity contribution is -0.129. The molecule has 0 radical (unpaired) electrons. The predicted molar refractivity (Wildman–Crippen MR) is 121 cm³/mol. The van der Waals surface area contributed by atoms with Crippen molar-refractivity contribution in [3.63, 3.8) is 0 Å². The number of aliphatic imine (C=N–C) groups is 1. The first-order chi connectivity index (χ1) is 15.1. The second-order valence-electron chi connectivity index (χ2n) is 6.96. The molecule has 1 heterocycles. The molecule has 3 rings (SSSR count).